The van der Waals surface area contributed by atoms with Gasteiger partial charge in [-0.15, -0.1) is 0 Å². The Kier molecular flexibility index (Phi) is 3.26. The Balaban J connectivity index is 2.18. The molecule has 0 fully saturated rings. The molecule has 18 heavy (non-hydrogen) atoms. The first-order valence-electron chi connectivity index (χ1n) is 5.52. The van der Waals surface area contributed by atoms with E-state index in [2.05, 4.69) is 4.99 Å². The molecule has 0 saturated carbocycles. The van der Waals surface area contributed by atoms with E-state index in [1.807, 2.05) is 13.8 Å². The second kappa shape index (κ2) is 4.57. The standard InChI is InChI=1S/C12H13ClN2O3/c1-12(2)7-18-11(14-12)5-8-3-4-9(15(16)17)6-10(8)13/h3-4,6H,5,7H2,1-2H3. The summed E-state index contributed by atoms with van der Waals surface area (Å²) in [6.07, 6.45) is 0.459. The quantitative estimate of drug-likeness (QED) is 0.625. The molecule has 0 N–H and O–H groups in total. The van der Waals surface area contributed by atoms with Crippen LogP contribution in [0.15, 0.2) is 23.2 Å². The van der Waals surface area contributed by atoms with Gasteiger partial charge in [-0.05, 0) is 19.4 Å². The number of nitro benzene ring substituents is 1. The van der Waals surface area contributed by atoms with E-state index in [-0.39, 0.29) is 11.2 Å². The molecule has 6 heteroatoms. The monoisotopic (exact) mass is 268 g/mol. The summed E-state index contributed by atoms with van der Waals surface area (Å²) in [6.45, 7) is 4.52. The van der Waals surface area contributed by atoms with Gasteiger partial charge in [-0.25, -0.2) is 4.99 Å². The Morgan fingerprint density at radius 3 is 2.78 bits per heavy atom. The summed E-state index contributed by atoms with van der Waals surface area (Å²) in [4.78, 5) is 14.5. The van der Waals surface area contributed by atoms with Crippen molar-refractivity contribution in [3.8, 4) is 0 Å². The zero-order valence-corrected chi connectivity index (χ0v) is 10.9. The third-order valence-electron chi connectivity index (χ3n) is 2.61. The summed E-state index contributed by atoms with van der Waals surface area (Å²) in [5, 5.41) is 11.0. The van der Waals surface area contributed by atoms with E-state index < -0.39 is 4.92 Å². The summed E-state index contributed by atoms with van der Waals surface area (Å²) in [5.41, 5.74) is 0.555. The van der Waals surface area contributed by atoms with E-state index in [0.29, 0.717) is 23.9 Å². The summed E-state index contributed by atoms with van der Waals surface area (Å²) < 4.78 is 5.46. The Morgan fingerprint density at radius 2 is 2.28 bits per heavy atom. The van der Waals surface area contributed by atoms with E-state index in [1.165, 1.54) is 12.1 Å². The summed E-state index contributed by atoms with van der Waals surface area (Å²) >= 11 is 6.01. The third-order valence-corrected chi connectivity index (χ3v) is 2.96. The van der Waals surface area contributed by atoms with Crippen molar-refractivity contribution >= 4 is 23.2 Å². The first-order valence-corrected chi connectivity index (χ1v) is 5.89. The molecule has 0 atom stereocenters. The first kappa shape index (κ1) is 12.8. The number of halogens is 1. The molecular formula is C12H13ClN2O3. The van der Waals surface area contributed by atoms with Crippen LogP contribution in [0.1, 0.15) is 19.4 Å². The third kappa shape index (κ3) is 2.79. The van der Waals surface area contributed by atoms with Gasteiger partial charge in [0.1, 0.15) is 6.61 Å². The molecule has 0 aromatic heterocycles. The van der Waals surface area contributed by atoms with Crippen molar-refractivity contribution in [2.24, 2.45) is 4.99 Å². The van der Waals surface area contributed by atoms with Gasteiger partial charge in [-0.2, -0.15) is 0 Å². The molecule has 1 aliphatic rings. The van der Waals surface area contributed by atoms with Gasteiger partial charge >= 0.3 is 0 Å². The lowest BCUT2D eigenvalue weighted by Crippen LogP contribution is -2.17. The van der Waals surface area contributed by atoms with Gasteiger partial charge in [0.25, 0.3) is 5.69 Å². The number of hydrogen-bond donors (Lipinski definition) is 0. The zero-order valence-electron chi connectivity index (χ0n) is 10.1. The maximum atomic E-state index is 10.6. The Bertz CT molecular complexity index is 526. The molecule has 1 aromatic carbocycles. The zero-order chi connectivity index (χ0) is 13.3. The van der Waals surface area contributed by atoms with E-state index in [1.54, 1.807) is 6.07 Å². The Labute approximate surface area is 110 Å². The van der Waals surface area contributed by atoms with Crippen LogP contribution in [-0.2, 0) is 11.2 Å². The van der Waals surface area contributed by atoms with Crippen LogP contribution in [0.3, 0.4) is 0 Å². The SMILES string of the molecule is CC1(C)COC(Cc2ccc([N+](=O)[O-])cc2Cl)=N1. The minimum atomic E-state index is -0.470. The minimum absolute atomic E-state index is 0.0154. The van der Waals surface area contributed by atoms with Crippen LogP contribution in [0.4, 0.5) is 5.69 Å². The number of benzene rings is 1. The van der Waals surface area contributed by atoms with Crippen molar-refractivity contribution in [2.45, 2.75) is 25.8 Å². The number of nitrogens with zero attached hydrogens (tertiary/aromatic N) is 2. The van der Waals surface area contributed by atoms with Crippen LogP contribution in [0.5, 0.6) is 0 Å². The molecule has 96 valence electrons. The van der Waals surface area contributed by atoms with Crippen molar-refractivity contribution in [1.82, 2.24) is 0 Å². The fourth-order valence-corrected chi connectivity index (χ4v) is 1.95. The second-order valence-electron chi connectivity index (χ2n) is 4.82. The topological polar surface area (TPSA) is 64.7 Å². The van der Waals surface area contributed by atoms with E-state index >= 15 is 0 Å². The average Bonchev–Trinajstić information content (AvgIpc) is 2.61. The van der Waals surface area contributed by atoms with Gasteiger partial charge in [-0.3, -0.25) is 10.1 Å². The molecular weight excluding hydrogens is 256 g/mol. The molecule has 1 aromatic rings. The summed E-state index contributed by atoms with van der Waals surface area (Å²) in [5.74, 6) is 0.621. The number of hydrogen-bond acceptors (Lipinski definition) is 4. The molecule has 0 spiro atoms. The molecule has 0 bridgehead atoms. The second-order valence-corrected chi connectivity index (χ2v) is 5.22. The van der Waals surface area contributed by atoms with Crippen molar-refractivity contribution in [3.05, 3.63) is 38.9 Å². The number of non-ortho nitro benzene ring substituents is 1. The van der Waals surface area contributed by atoms with Crippen LogP contribution in [0.2, 0.25) is 5.02 Å². The predicted molar refractivity (Wildman–Crippen MR) is 69.3 cm³/mol. The maximum absolute atomic E-state index is 10.6. The Morgan fingerprint density at radius 1 is 1.56 bits per heavy atom. The molecule has 0 amide bonds. The average molecular weight is 269 g/mol. The summed E-state index contributed by atoms with van der Waals surface area (Å²) in [7, 11) is 0. The van der Waals surface area contributed by atoms with E-state index in [4.69, 9.17) is 16.3 Å². The van der Waals surface area contributed by atoms with Gasteiger partial charge in [0, 0.05) is 12.1 Å². The van der Waals surface area contributed by atoms with Crippen molar-refractivity contribution in [3.63, 3.8) is 0 Å². The van der Waals surface area contributed by atoms with Crippen molar-refractivity contribution in [1.29, 1.82) is 0 Å². The van der Waals surface area contributed by atoms with Crippen LogP contribution < -0.4 is 0 Å². The van der Waals surface area contributed by atoms with E-state index in [0.717, 1.165) is 5.56 Å². The predicted octanol–water partition coefficient (Wildman–Crippen LogP) is 3.00. The van der Waals surface area contributed by atoms with Gasteiger partial charge in [0.2, 0.25) is 0 Å². The van der Waals surface area contributed by atoms with Gasteiger partial charge in [-0.1, -0.05) is 17.7 Å². The number of nitro groups is 1. The van der Waals surface area contributed by atoms with Crippen LogP contribution in [0, 0.1) is 10.1 Å². The van der Waals surface area contributed by atoms with Crippen molar-refractivity contribution in [2.75, 3.05) is 6.61 Å². The highest BCUT2D eigenvalue weighted by molar-refractivity contribution is 6.31. The molecule has 1 heterocycles. The van der Waals surface area contributed by atoms with Crippen LogP contribution in [0.25, 0.3) is 0 Å². The number of ether oxygens (including phenoxy) is 1. The molecule has 0 radical (unpaired) electrons. The fourth-order valence-electron chi connectivity index (χ4n) is 1.71. The highest BCUT2D eigenvalue weighted by atomic mass is 35.5. The van der Waals surface area contributed by atoms with Crippen molar-refractivity contribution < 1.29 is 9.66 Å². The molecule has 1 aliphatic heterocycles. The van der Waals surface area contributed by atoms with Crippen LogP contribution in [-0.4, -0.2) is 23.0 Å². The fraction of sp³-hybridized carbons (Fsp3) is 0.417. The molecule has 0 saturated heterocycles. The highest BCUT2D eigenvalue weighted by Crippen LogP contribution is 2.25. The largest absolute Gasteiger partial charge is 0.478 e. The lowest BCUT2D eigenvalue weighted by atomic mass is 10.1. The summed E-state index contributed by atoms with van der Waals surface area (Å²) in [6, 6.07) is 4.41. The lowest BCUT2D eigenvalue weighted by molar-refractivity contribution is -0.384. The van der Waals surface area contributed by atoms with Gasteiger partial charge in [0.15, 0.2) is 5.90 Å². The number of rotatable bonds is 3. The Hall–Kier alpha value is -1.62. The lowest BCUT2D eigenvalue weighted by Gasteiger charge is -2.07. The van der Waals surface area contributed by atoms with Gasteiger partial charge in [0.05, 0.1) is 21.9 Å². The van der Waals surface area contributed by atoms with Crippen LogP contribution >= 0.6 is 11.6 Å². The molecule has 0 aliphatic carbocycles. The highest BCUT2D eigenvalue weighted by Gasteiger charge is 2.26. The number of aliphatic imine (C=N–C) groups is 1. The molecule has 5 nitrogen and oxygen atoms in total. The van der Waals surface area contributed by atoms with Gasteiger partial charge < -0.3 is 4.74 Å². The molecule has 0 unspecified atom stereocenters. The first-order chi connectivity index (χ1) is 8.37. The molecule has 2 rings (SSSR count). The van der Waals surface area contributed by atoms with E-state index in [9.17, 15) is 10.1 Å². The normalized spacial score (nSPS) is 17.2. The minimum Gasteiger partial charge on any atom is -0.478 e. The smallest absolute Gasteiger partial charge is 0.270 e. The maximum Gasteiger partial charge on any atom is 0.270 e.